The monoisotopic (exact) mass is 354 g/mol. The van der Waals surface area contributed by atoms with Gasteiger partial charge in [-0.3, -0.25) is 14.5 Å². The number of piperidine rings is 1. The van der Waals surface area contributed by atoms with E-state index in [1.807, 2.05) is 9.80 Å². The molecule has 2 heterocycles. The normalized spacial score (nSPS) is 19.1. The van der Waals surface area contributed by atoms with Crippen molar-refractivity contribution in [2.75, 3.05) is 52.4 Å². The molecule has 8 heteroatoms. The van der Waals surface area contributed by atoms with Crippen LogP contribution in [0.2, 0.25) is 0 Å². The standard InChI is InChI=1S/C14H26N4O2.2ClH/c15-5-4-13(19)18-10-8-16(9-11-18)12-14(20)17-6-2-1-3-7-17;;/h1-12,15H2;2*1H. The van der Waals surface area contributed by atoms with Crippen LogP contribution in [0.4, 0.5) is 0 Å². The zero-order valence-electron chi connectivity index (χ0n) is 13.0. The van der Waals surface area contributed by atoms with Crippen LogP contribution < -0.4 is 5.73 Å². The summed E-state index contributed by atoms with van der Waals surface area (Å²) in [5.74, 6) is 0.376. The Kier molecular flexibility index (Phi) is 10.8. The van der Waals surface area contributed by atoms with Gasteiger partial charge in [0.1, 0.15) is 0 Å². The fourth-order valence-corrected chi connectivity index (χ4v) is 2.87. The maximum Gasteiger partial charge on any atom is 0.236 e. The number of halogens is 2. The van der Waals surface area contributed by atoms with Crippen molar-refractivity contribution < 1.29 is 9.59 Å². The first kappa shape index (κ1) is 21.4. The van der Waals surface area contributed by atoms with Crippen LogP contribution in [0.1, 0.15) is 25.7 Å². The summed E-state index contributed by atoms with van der Waals surface area (Å²) in [5.41, 5.74) is 5.40. The van der Waals surface area contributed by atoms with Gasteiger partial charge in [0, 0.05) is 52.2 Å². The minimum Gasteiger partial charge on any atom is -0.342 e. The maximum absolute atomic E-state index is 12.2. The number of nitrogens with two attached hydrogens (primary N) is 1. The molecular weight excluding hydrogens is 327 g/mol. The highest BCUT2D eigenvalue weighted by atomic mass is 35.5. The van der Waals surface area contributed by atoms with Gasteiger partial charge in [0.05, 0.1) is 6.54 Å². The lowest BCUT2D eigenvalue weighted by Gasteiger charge is -2.36. The Morgan fingerprint density at radius 2 is 1.32 bits per heavy atom. The van der Waals surface area contributed by atoms with Crippen molar-refractivity contribution in [3.05, 3.63) is 0 Å². The van der Waals surface area contributed by atoms with Gasteiger partial charge in [-0.15, -0.1) is 24.8 Å². The predicted molar refractivity (Wildman–Crippen MR) is 91.6 cm³/mol. The molecule has 6 nitrogen and oxygen atoms in total. The molecule has 22 heavy (non-hydrogen) atoms. The van der Waals surface area contributed by atoms with Gasteiger partial charge in [0.15, 0.2) is 0 Å². The Morgan fingerprint density at radius 1 is 0.773 bits per heavy atom. The molecule has 130 valence electrons. The SMILES string of the molecule is Cl.Cl.NCCC(=O)N1CCN(CC(=O)N2CCCCC2)CC1. The van der Waals surface area contributed by atoms with E-state index in [9.17, 15) is 9.59 Å². The third-order valence-corrected chi connectivity index (χ3v) is 4.15. The number of hydrogen-bond acceptors (Lipinski definition) is 4. The molecule has 2 N–H and O–H groups in total. The Hall–Kier alpha value is -0.560. The first-order chi connectivity index (χ1) is 9.70. The van der Waals surface area contributed by atoms with Gasteiger partial charge in [-0.25, -0.2) is 0 Å². The zero-order chi connectivity index (χ0) is 14.4. The minimum absolute atomic E-state index is 0. The summed E-state index contributed by atoms with van der Waals surface area (Å²) >= 11 is 0. The summed E-state index contributed by atoms with van der Waals surface area (Å²) in [6, 6.07) is 0. The summed E-state index contributed by atoms with van der Waals surface area (Å²) in [7, 11) is 0. The highest BCUT2D eigenvalue weighted by molar-refractivity contribution is 5.85. The summed E-state index contributed by atoms with van der Waals surface area (Å²) in [4.78, 5) is 29.9. The van der Waals surface area contributed by atoms with Crippen LogP contribution in [-0.4, -0.2) is 78.9 Å². The lowest BCUT2D eigenvalue weighted by Crippen LogP contribution is -2.52. The van der Waals surface area contributed by atoms with Crippen LogP contribution >= 0.6 is 24.8 Å². The van der Waals surface area contributed by atoms with Crippen LogP contribution in [0, 0.1) is 0 Å². The van der Waals surface area contributed by atoms with Gasteiger partial charge < -0.3 is 15.5 Å². The number of piperazine rings is 1. The molecule has 0 spiro atoms. The van der Waals surface area contributed by atoms with E-state index in [1.54, 1.807) is 0 Å². The average Bonchev–Trinajstić information content (AvgIpc) is 2.49. The number of carbonyl (C=O) groups excluding carboxylic acids is 2. The van der Waals surface area contributed by atoms with Crippen LogP contribution in [0.5, 0.6) is 0 Å². The molecule has 0 bridgehead atoms. The molecule has 0 aromatic rings. The average molecular weight is 355 g/mol. The third kappa shape index (κ3) is 6.28. The van der Waals surface area contributed by atoms with Crippen molar-refractivity contribution in [1.29, 1.82) is 0 Å². The molecule has 2 amide bonds. The number of amides is 2. The van der Waals surface area contributed by atoms with Crippen molar-refractivity contribution in [3.8, 4) is 0 Å². The van der Waals surface area contributed by atoms with E-state index < -0.39 is 0 Å². The van der Waals surface area contributed by atoms with Crippen LogP contribution in [0.3, 0.4) is 0 Å². The number of rotatable bonds is 4. The van der Waals surface area contributed by atoms with Gasteiger partial charge >= 0.3 is 0 Å². The lowest BCUT2D eigenvalue weighted by atomic mass is 10.1. The number of likely N-dealkylation sites (tertiary alicyclic amines) is 1. The van der Waals surface area contributed by atoms with E-state index in [-0.39, 0.29) is 36.6 Å². The van der Waals surface area contributed by atoms with E-state index in [1.165, 1.54) is 6.42 Å². The summed E-state index contributed by atoms with van der Waals surface area (Å²) in [6.45, 7) is 5.73. The molecule has 0 atom stereocenters. The molecule has 0 aliphatic carbocycles. The first-order valence-corrected chi connectivity index (χ1v) is 7.68. The van der Waals surface area contributed by atoms with E-state index >= 15 is 0 Å². The first-order valence-electron chi connectivity index (χ1n) is 7.68. The van der Waals surface area contributed by atoms with Gasteiger partial charge in [-0.05, 0) is 19.3 Å². The van der Waals surface area contributed by atoms with Crippen LogP contribution in [0.15, 0.2) is 0 Å². The fraction of sp³-hybridized carbons (Fsp3) is 0.857. The number of nitrogens with zero attached hydrogens (tertiary/aromatic N) is 3. The number of carbonyl (C=O) groups is 2. The molecule has 0 radical (unpaired) electrons. The molecule has 0 unspecified atom stereocenters. The van der Waals surface area contributed by atoms with Gasteiger partial charge in [-0.2, -0.15) is 0 Å². The zero-order valence-corrected chi connectivity index (χ0v) is 14.7. The Bertz CT molecular complexity index is 344. The Balaban J connectivity index is 0.00000220. The van der Waals surface area contributed by atoms with Crippen molar-refractivity contribution in [2.24, 2.45) is 5.73 Å². The summed E-state index contributed by atoms with van der Waals surface area (Å²) in [6.07, 6.45) is 3.93. The number of hydrogen-bond donors (Lipinski definition) is 1. The Labute approximate surface area is 145 Å². The molecule has 2 rings (SSSR count). The predicted octanol–water partition coefficient (Wildman–Crippen LogP) is 0.336. The third-order valence-electron chi connectivity index (χ3n) is 4.15. The molecule has 0 aromatic heterocycles. The van der Waals surface area contributed by atoms with E-state index in [0.717, 1.165) is 39.0 Å². The molecule has 2 saturated heterocycles. The quantitative estimate of drug-likeness (QED) is 0.789. The highest BCUT2D eigenvalue weighted by Crippen LogP contribution is 2.10. The second kappa shape index (κ2) is 11.0. The molecular formula is C14H28Cl2N4O2. The summed E-state index contributed by atoms with van der Waals surface area (Å²) < 4.78 is 0. The second-order valence-electron chi connectivity index (χ2n) is 5.64. The van der Waals surface area contributed by atoms with Crippen molar-refractivity contribution >= 4 is 36.6 Å². The van der Waals surface area contributed by atoms with Crippen LogP contribution in [0.25, 0.3) is 0 Å². The van der Waals surface area contributed by atoms with Crippen molar-refractivity contribution in [3.63, 3.8) is 0 Å². The van der Waals surface area contributed by atoms with E-state index in [2.05, 4.69) is 4.90 Å². The fourth-order valence-electron chi connectivity index (χ4n) is 2.87. The molecule has 2 aliphatic rings. The van der Waals surface area contributed by atoms with Crippen molar-refractivity contribution in [2.45, 2.75) is 25.7 Å². The summed E-state index contributed by atoms with van der Waals surface area (Å²) in [5, 5.41) is 0. The van der Waals surface area contributed by atoms with Crippen molar-refractivity contribution in [1.82, 2.24) is 14.7 Å². The van der Waals surface area contributed by atoms with Crippen LogP contribution in [-0.2, 0) is 9.59 Å². The van der Waals surface area contributed by atoms with Gasteiger partial charge in [-0.1, -0.05) is 0 Å². The highest BCUT2D eigenvalue weighted by Gasteiger charge is 2.24. The van der Waals surface area contributed by atoms with Gasteiger partial charge in [0.2, 0.25) is 11.8 Å². The molecule has 2 fully saturated rings. The maximum atomic E-state index is 12.2. The molecule has 0 saturated carbocycles. The lowest BCUT2D eigenvalue weighted by molar-refractivity contribution is -0.135. The van der Waals surface area contributed by atoms with Gasteiger partial charge in [0.25, 0.3) is 0 Å². The molecule has 2 aliphatic heterocycles. The second-order valence-corrected chi connectivity index (χ2v) is 5.64. The topological polar surface area (TPSA) is 69.9 Å². The van der Waals surface area contributed by atoms with E-state index in [4.69, 9.17) is 5.73 Å². The minimum atomic E-state index is 0. The molecule has 0 aromatic carbocycles. The Morgan fingerprint density at radius 3 is 1.86 bits per heavy atom. The van der Waals surface area contributed by atoms with E-state index in [0.29, 0.717) is 32.6 Å². The smallest absolute Gasteiger partial charge is 0.236 e. The largest absolute Gasteiger partial charge is 0.342 e.